The Balaban J connectivity index is 2.10. The van der Waals surface area contributed by atoms with Crippen molar-refractivity contribution in [3.8, 4) is 5.88 Å². The molecule has 1 heterocycles. The zero-order chi connectivity index (χ0) is 18.3. The highest BCUT2D eigenvalue weighted by atomic mass is 16.5. The highest BCUT2D eigenvalue weighted by Crippen LogP contribution is 2.36. The Labute approximate surface area is 151 Å². The molecule has 1 N–H and O–H groups in total. The van der Waals surface area contributed by atoms with Gasteiger partial charge in [-0.3, -0.25) is 4.79 Å². The van der Waals surface area contributed by atoms with Gasteiger partial charge in [0.05, 0.1) is 18.5 Å². The second-order valence-corrected chi connectivity index (χ2v) is 7.19. The van der Waals surface area contributed by atoms with Crippen molar-refractivity contribution < 1.29 is 14.3 Å². The van der Waals surface area contributed by atoms with Crippen molar-refractivity contribution in [1.29, 1.82) is 0 Å². The van der Waals surface area contributed by atoms with Gasteiger partial charge in [0, 0.05) is 12.2 Å². The molecule has 5 heteroatoms. The minimum Gasteiger partial charge on any atom is -0.477 e. The van der Waals surface area contributed by atoms with Crippen LogP contribution in [0.4, 0.5) is 5.69 Å². The largest absolute Gasteiger partial charge is 0.477 e. The van der Waals surface area contributed by atoms with E-state index >= 15 is 0 Å². The number of pyridine rings is 1. The maximum absolute atomic E-state index is 13.0. The molecule has 1 aromatic heterocycles. The lowest BCUT2D eigenvalue weighted by Gasteiger charge is -2.38. The van der Waals surface area contributed by atoms with Crippen molar-refractivity contribution in [3.05, 3.63) is 17.8 Å². The van der Waals surface area contributed by atoms with Gasteiger partial charge in [0.1, 0.15) is 5.60 Å². The van der Waals surface area contributed by atoms with Crippen LogP contribution in [-0.4, -0.2) is 29.7 Å². The van der Waals surface area contributed by atoms with Gasteiger partial charge in [-0.25, -0.2) is 4.98 Å². The van der Waals surface area contributed by atoms with Crippen LogP contribution in [-0.2, 0) is 9.53 Å². The summed E-state index contributed by atoms with van der Waals surface area (Å²) in [4.78, 5) is 17.4. The van der Waals surface area contributed by atoms with E-state index in [1.165, 1.54) is 0 Å². The molecule has 0 aromatic carbocycles. The first-order valence-electron chi connectivity index (χ1n) is 9.55. The zero-order valence-electron chi connectivity index (χ0n) is 16.1. The molecule has 2 rings (SSSR count). The smallest absolute Gasteiger partial charge is 0.256 e. The molecule has 0 unspecified atom stereocenters. The van der Waals surface area contributed by atoms with Gasteiger partial charge in [-0.2, -0.15) is 0 Å². The summed E-state index contributed by atoms with van der Waals surface area (Å²) >= 11 is 0. The number of carbonyl (C=O) groups excluding carboxylic acids is 1. The zero-order valence-corrected chi connectivity index (χ0v) is 16.1. The molecule has 0 bridgehead atoms. The fraction of sp³-hybridized carbons (Fsp3) is 0.700. The van der Waals surface area contributed by atoms with Crippen molar-refractivity contribution >= 4 is 11.6 Å². The lowest BCUT2D eigenvalue weighted by Crippen LogP contribution is -2.48. The van der Waals surface area contributed by atoms with E-state index in [0.29, 0.717) is 30.7 Å². The molecule has 1 amide bonds. The van der Waals surface area contributed by atoms with Crippen LogP contribution in [0.2, 0.25) is 0 Å². The standard InChI is InChI=1S/C20H32N2O3/c1-5-10-24-18-16(4)12-17(14-21-18)22-19(23)20(25-11-6-2)9-7-8-15(3)13-20/h12,14-15H,5-11,13H2,1-4H3,(H,22,23)/t15-,20-/m1/s1. The predicted octanol–water partition coefficient (Wildman–Crippen LogP) is 4.49. The van der Waals surface area contributed by atoms with Crippen molar-refractivity contribution in [2.45, 2.75) is 71.8 Å². The Bertz CT molecular complexity index is 576. The Morgan fingerprint density at radius 2 is 2.12 bits per heavy atom. The van der Waals surface area contributed by atoms with Crippen LogP contribution in [0.15, 0.2) is 12.3 Å². The third-order valence-corrected chi connectivity index (χ3v) is 4.68. The van der Waals surface area contributed by atoms with Crippen LogP contribution in [0.25, 0.3) is 0 Å². The number of carbonyl (C=O) groups is 1. The maximum atomic E-state index is 13.0. The number of hydrogen-bond acceptors (Lipinski definition) is 4. The van der Waals surface area contributed by atoms with E-state index in [9.17, 15) is 4.79 Å². The van der Waals surface area contributed by atoms with Crippen LogP contribution in [0.1, 0.15) is 64.9 Å². The minimum atomic E-state index is -0.709. The first-order valence-corrected chi connectivity index (χ1v) is 9.55. The monoisotopic (exact) mass is 348 g/mol. The first-order chi connectivity index (χ1) is 12.0. The molecule has 1 saturated carbocycles. The molecular weight excluding hydrogens is 316 g/mol. The Hall–Kier alpha value is -1.62. The van der Waals surface area contributed by atoms with E-state index in [1.54, 1.807) is 6.20 Å². The van der Waals surface area contributed by atoms with Gasteiger partial charge in [0.15, 0.2) is 0 Å². The van der Waals surface area contributed by atoms with Crippen molar-refractivity contribution in [1.82, 2.24) is 4.98 Å². The highest BCUT2D eigenvalue weighted by molar-refractivity contribution is 5.97. The number of ether oxygens (including phenoxy) is 2. The third-order valence-electron chi connectivity index (χ3n) is 4.68. The summed E-state index contributed by atoms with van der Waals surface area (Å²) < 4.78 is 11.7. The van der Waals surface area contributed by atoms with E-state index in [1.807, 2.05) is 13.0 Å². The van der Waals surface area contributed by atoms with Crippen LogP contribution < -0.4 is 10.1 Å². The fourth-order valence-electron chi connectivity index (χ4n) is 3.43. The number of nitrogens with one attached hydrogen (secondary N) is 1. The number of nitrogens with zero attached hydrogens (tertiary/aromatic N) is 1. The number of aromatic nitrogens is 1. The first kappa shape index (κ1) is 19.7. The normalized spacial score (nSPS) is 23.3. The molecule has 1 fully saturated rings. The van der Waals surface area contributed by atoms with E-state index < -0.39 is 5.60 Å². The summed E-state index contributed by atoms with van der Waals surface area (Å²) in [6.07, 6.45) is 7.27. The minimum absolute atomic E-state index is 0.0454. The second kappa shape index (κ2) is 9.18. The number of hydrogen-bond donors (Lipinski definition) is 1. The second-order valence-electron chi connectivity index (χ2n) is 7.19. The number of amides is 1. The summed E-state index contributed by atoms with van der Waals surface area (Å²) in [5.41, 5.74) is 0.912. The molecule has 0 spiro atoms. The Morgan fingerprint density at radius 1 is 1.36 bits per heavy atom. The molecule has 25 heavy (non-hydrogen) atoms. The number of rotatable bonds is 8. The average molecular weight is 348 g/mol. The van der Waals surface area contributed by atoms with E-state index in [2.05, 4.69) is 31.1 Å². The Morgan fingerprint density at radius 3 is 2.76 bits per heavy atom. The highest BCUT2D eigenvalue weighted by Gasteiger charge is 2.42. The summed E-state index contributed by atoms with van der Waals surface area (Å²) in [7, 11) is 0. The van der Waals surface area contributed by atoms with Gasteiger partial charge < -0.3 is 14.8 Å². The average Bonchev–Trinajstić information content (AvgIpc) is 2.59. The summed E-state index contributed by atoms with van der Waals surface area (Å²) in [6, 6.07) is 1.91. The maximum Gasteiger partial charge on any atom is 0.256 e. The topological polar surface area (TPSA) is 60.5 Å². The van der Waals surface area contributed by atoms with Gasteiger partial charge >= 0.3 is 0 Å². The van der Waals surface area contributed by atoms with E-state index in [4.69, 9.17) is 9.47 Å². The van der Waals surface area contributed by atoms with E-state index in [-0.39, 0.29) is 5.91 Å². The van der Waals surface area contributed by atoms with Gasteiger partial charge in [0.25, 0.3) is 5.91 Å². The van der Waals surface area contributed by atoms with Gasteiger partial charge in [-0.15, -0.1) is 0 Å². The van der Waals surface area contributed by atoms with Gasteiger partial charge in [-0.1, -0.05) is 27.2 Å². The quantitative estimate of drug-likeness (QED) is 0.752. The van der Waals surface area contributed by atoms with Crippen LogP contribution in [0, 0.1) is 12.8 Å². The van der Waals surface area contributed by atoms with Gasteiger partial charge in [-0.05, 0) is 51.0 Å². The molecule has 1 aromatic rings. The predicted molar refractivity (Wildman–Crippen MR) is 100.0 cm³/mol. The molecule has 0 aliphatic heterocycles. The summed E-state index contributed by atoms with van der Waals surface area (Å²) in [5, 5.41) is 3.02. The molecule has 140 valence electrons. The SMILES string of the molecule is CCCOc1ncc(NC(=O)[C@@]2(OCCC)CCC[C@@H](C)C2)cc1C. The molecule has 1 aliphatic rings. The molecule has 0 radical (unpaired) electrons. The molecule has 0 saturated heterocycles. The molecule has 1 aliphatic carbocycles. The van der Waals surface area contributed by atoms with Gasteiger partial charge in [0.2, 0.25) is 5.88 Å². The van der Waals surface area contributed by atoms with Crippen LogP contribution >= 0.6 is 0 Å². The Kier molecular flexibility index (Phi) is 7.24. The van der Waals surface area contributed by atoms with Crippen molar-refractivity contribution in [2.75, 3.05) is 18.5 Å². The van der Waals surface area contributed by atoms with Crippen LogP contribution in [0.5, 0.6) is 5.88 Å². The molecule has 5 nitrogen and oxygen atoms in total. The van der Waals surface area contributed by atoms with E-state index in [0.717, 1.165) is 44.1 Å². The summed E-state index contributed by atoms with van der Waals surface area (Å²) in [5.74, 6) is 1.08. The molecule has 2 atom stereocenters. The lowest BCUT2D eigenvalue weighted by atomic mass is 9.78. The summed E-state index contributed by atoms with van der Waals surface area (Å²) in [6.45, 7) is 9.53. The fourth-order valence-corrected chi connectivity index (χ4v) is 3.43. The van der Waals surface area contributed by atoms with Crippen molar-refractivity contribution in [2.24, 2.45) is 5.92 Å². The van der Waals surface area contributed by atoms with Crippen molar-refractivity contribution in [3.63, 3.8) is 0 Å². The number of aryl methyl sites for hydroxylation is 1. The third kappa shape index (κ3) is 5.18. The molecular formula is C20H32N2O3. The number of anilines is 1. The van der Waals surface area contributed by atoms with Crippen LogP contribution in [0.3, 0.4) is 0 Å². The lowest BCUT2D eigenvalue weighted by molar-refractivity contribution is -0.148.